The summed E-state index contributed by atoms with van der Waals surface area (Å²) in [5.41, 5.74) is 0. The lowest BCUT2D eigenvalue weighted by molar-refractivity contribution is 0.0346. The molecule has 0 amide bonds. The number of ether oxygens (including phenoxy) is 2. The first-order valence-electron chi connectivity index (χ1n) is 5.49. The van der Waals surface area contributed by atoms with E-state index in [1.54, 1.807) is 0 Å². The zero-order valence-corrected chi connectivity index (χ0v) is 9.95. The highest BCUT2D eigenvalue weighted by molar-refractivity contribution is 4.88. The smallest absolute Gasteiger partial charge is 0.119 e. The van der Waals surface area contributed by atoms with Crippen LogP contribution in [0.1, 0.15) is 20.8 Å². The number of hydrogen-bond donors (Lipinski definition) is 1. The molecule has 0 saturated carbocycles. The molecular weight excluding hydrogens is 192 g/mol. The van der Waals surface area contributed by atoms with Gasteiger partial charge in [-0.05, 0) is 12.5 Å². The Labute approximate surface area is 92.6 Å². The second kappa shape index (κ2) is 9.91. The highest BCUT2D eigenvalue weighted by Crippen LogP contribution is 1.92. The van der Waals surface area contributed by atoms with Crippen molar-refractivity contribution in [3.8, 4) is 6.07 Å². The topological polar surface area (TPSA) is 54.3 Å². The first-order valence-corrected chi connectivity index (χ1v) is 5.49. The van der Waals surface area contributed by atoms with E-state index in [1.807, 2.05) is 6.92 Å². The summed E-state index contributed by atoms with van der Waals surface area (Å²) in [4.78, 5) is 0. The monoisotopic (exact) mass is 214 g/mol. The number of nitrogens with zero attached hydrogens (tertiary/aromatic N) is 1. The van der Waals surface area contributed by atoms with Crippen molar-refractivity contribution in [1.29, 1.82) is 5.26 Å². The molecule has 4 nitrogen and oxygen atoms in total. The van der Waals surface area contributed by atoms with Crippen molar-refractivity contribution < 1.29 is 9.47 Å². The minimum absolute atomic E-state index is 0.208. The van der Waals surface area contributed by atoms with Gasteiger partial charge in [0.25, 0.3) is 0 Å². The standard InChI is InChI=1S/C11H22N2O2/c1-4-13-11(7-12)9-15-6-5-14-8-10(2)3/h10-11,13H,4-6,8-9H2,1-3H3. The predicted octanol–water partition coefficient (Wildman–Crippen LogP) is 1.18. The third-order valence-corrected chi connectivity index (χ3v) is 1.71. The van der Waals surface area contributed by atoms with E-state index < -0.39 is 0 Å². The zero-order chi connectivity index (χ0) is 11.5. The Morgan fingerprint density at radius 1 is 1.20 bits per heavy atom. The highest BCUT2D eigenvalue weighted by atomic mass is 16.5. The molecule has 0 aliphatic rings. The summed E-state index contributed by atoms with van der Waals surface area (Å²) in [5.74, 6) is 0.554. The van der Waals surface area contributed by atoms with Gasteiger partial charge in [-0.2, -0.15) is 5.26 Å². The molecular formula is C11H22N2O2. The lowest BCUT2D eigenvalue weighted by Crippen LogP contribution is -2.32. The third-order valence-electron chi connectivity index (χ3n) is 1.71. The maximum absolute atomic E-state index is 8.71. The highest BCUT2D eigenvalue weighted by Gasteiger charge is 2.04. The van der Waals surface area contributed by atoms with Crippen molar-refractivity contribution in [2.75, 3.05) is 33.0 Å². The Morgan fingerprint density at radius 2 is 1.80 bits per heavy atom. The van der Waals surface area contributed by atoms with Gasteiger partial charge in [0, 0.05) is 6.61 Å². The van der Waals surface area contributed by atoms with E-state index in [4.69, 9.17) is 14.7 Å². The van der Waals surface area contributed by atoms with E-state index >= 15 is 0 Å². The summed E-state index contributed by atoms with van der Waals surface area (Å²) in [7, 11) is 0. The van der Waals surface area contributed by atoms with E-state index in [0.29, 0.717) is 25.7 Å². The Kier molecular flexibility index (Phi) is 9.49. The second-order valence-corrected chi connectivity index (χ2v) is 3.78. The van der Waals surface area contributed by atoms with E-state index in [0.717, 1.165) is 13.2 Å². The first-order chi connectivity index (χ1) is 7.20. The largest absolute Gasteiger partial charge is 0.379 e. The molecule has 0 saturated heterocycles. The minimum atomic E-state index is -0.208. The molecule has 1 N–H and O–H groups in total. The quantitative estimate of drug-likeness (QED) is 0.585. The van der Waals surface area contributed by atoms with Crippen LogP contribution in [0.3, 0.4) is 0 Å². The van der Waals surface area contributed by atoms with Gasteiger partial charge in [-0.1, -0.05) is 20.8 Å². The van der Waals surface area contributed by atoms with E-state index in [9.17, 15) is 0 Å². The van der Waals surface area contributed by atoms with Gasteiger partial charge in [0.1, 0.15) is 6.04 Å². The van der Waals surface area contributed by atoms with Crippen LogP contribution >= 0.6 is 0 Å². The molecule has 0 spiro atoms. The van der Waals surface area contributed by atoms with Gasteiger partial charge in [-0.3, -0.25) is 0 Å². The van der Waals surface area contributed by atoms with Crippen molar-refractivity contribution in [3.05, 3.63) is 0 Å². The number of hydrogen-bond acceptors (Lipinski definition) is 4. The summed E-state index contributed by atoms with van der Waals surface area (Å²) in [6.45, 7) is 9.31. The molecule has 15 heavy (non-hydrogen) atoms. The minimum Gasteiger partial charge on any atom is -0.379 e. The van der Waals surface area contributed by atoms with Gasteiger partial charge in [-0.25, -0.2) is 0 Å². The molecule has 0 rings (SSSR count). The first kappa shape index (κ1) is 14.4. The molecule has 0 heterocycles. The van der Waals surface area contributed by atoms with Gasteiger partial charge in [0.05, 0.1) is 25.9 Å². The second-order valence-electron chi connectivity index (χ2n) is 3.78. The van der Waals surface area contributed by atoms with Crippen LogP contribution in [0.4, 0.5) is 0 Å². The molecule has 0 aromatic heterocycles. The molecule has 0 radical (unpaired) electrons. The van der Waals surface area contributed by atoms with Crippen molar-refractivity contribution >= 4 is 0 Å². The van der Waals surface area contributed by atoms with Crippen molar-refractivity contribution in [3.63, 3.8) is 0 Å². The molecule has 0 aliphatic carbocycles. The van der Waals surface area contributed by atoms with Crippen LogP contribution in [-0.2, 0) is 9.47 Å². The average molecular weight is 214 g/mol. The molecule has 4 heteroatoms. The normalized spacial score (nSPS) is 12.7. The molecule has 0 bridgehead atoms. The fraction of sp³-hybridized carbons (Fsp3) is 0.909. The number of nitriles is 1. The number of likely N-dealkylation sites (N-methyl/N-ethyl adjacent to an activating group) is 1. The average Bonchev–Trinajstić information content (AvgIpc) is 2.21. The van der Waals surface area contributed by atoms with Crippen LogP contribution in [0.15, 0.2) is 0 Å². The summed E-state index contributed by atoms with van der Waals surface area (Å²) in [5, 5.41) is 11.7. The van der Waals surface area contributed by atoms with Crippen molar-refractivity contribution in [1.82, 2.24) is 5.32 Å². The van der Waals surface area contributed by atoms with Gasteiger partial charge < -0.3 is 14.8 Å². The third kappa shape index (κ3) is 9.67. The van der Waals surface area contributed by atoms with E-state index in [1.165, 1.54) is 0 Å². The van der Waals surface area contributed by atoms with Gasteiger partial charge in [-0.15, -0.1) is 0 Å². The van der Waals surface area contributed by atoms with E-state index in [2.05, 4.69) is 25.2 Å². The van der Waals surface area contributed by atoms with E-state index in [-0.39, 0.29) is 6.04 Å². The maximum Gasteiger partial charge on any atom is 0.119 e. The van der Waals surface area contributed by atoms with Crippen LogP contribution < -0.4 is 5.32 Å². The Bertz CT molecular complexity index is 178. The molecule has 1 atom stereocenters. The Balaban J connectivity index is 3.26. The van der Waals surface area contributed by atoms with Crippen LogP contribution in [-0.4, -0.2) is 39.0 Å². The van der Waals surface area contributed by atoms with Crippen LogP contribution in [0.5, 0.6) is 0 Å². The molecule has 88 valence electrons. The van der Waals surface area contributed by atoms with Crippen molar-refractivity contribution in [2.24, 2.45) is 5.92 Å². The Hall–Kier alpha value is -0.630. The number of nitrogens with one attached hydrogen (secondary N) is 1. The van der Waals surface area contributed by atoms with Gasteiger partial charge in [0.15, 0.2) is 0 Å². The fourth-order valence-corrected chi connectivity index (χ4v) is 1.03. The lowest BCUT2D eigenvalue weighted by Gasteiger charge is -2.11. The molecule has 0 aromatic rings. The summed E-state index contributed by atoms with van der Waals surface area (Å²) in [6.07, 6.45) is 0. The van der Waals surface area contributed by atoms with Crippen molar-refractivity contribution in [2.45, 2.75) is 26.8 Å². The SMILES string of the molecule is CCNC(C#N)COCCOCC(C)C. The molecule has 0 aromatic carbocycles. The molecule has 0 fully saturated rings. The summed E-state index contributed by atoms with van der Waals surface area (Å²) in [6, 6.07) is 1.93. The molecule has 0 aliphatic heterocycles. The van der Waals surface area contributed by atoms with Gasteiger partial charge in [0.2, 0.25) is 0 Å². The Morgan fingerprint density at radius 3 is 2.27 bits per heavy atom. The maximum atomic E-state index is 8.71. The molecule has 1 unspecified atom stereocenters. The van der Waals surface area contributed by atoms with Crippen LogP contribution in [0.25, 0.3) is 0 Å². The lowest BCUT2D eigenvalue weighted by atomic mass is 10.2. The summed E-state index contributed by atoms with van der Waals surface area (Å²) >= 11 is 0. The summed E-state index contributed by atoms with van der Waals surface area (Å²) < 4.78 is 10.7. The van der Waals surface area contributed by atoms with Gasteiger partial charge >= 0.3 is 0 Å². The fourth-order valence-electron chi connectivity index (χ4n) is 1.03. The predicted molar refractivity (Wildman–Crippen MR) is 59.6 cm³/mol. The van der Waals surface area contributed by atoms with Crippen LogP contribution in [0.2, 0.25) is 0 Å². The number of rotatable bonds is 9. The van der Waals surface area contributed by atoms with Crippen LogP contribution in [0, 0.1) is 17.2 Å². The zero-order valence-electron chi connectivity index (χ0n) is 9.95.